The molecule has 0 bridgehead atoms. The lowest BCUT2D eigenvalue weighted by Gasteiger charge is -2.34. The second kappa shape index (κ2) is 8.57. The lowest BCUT2D eigenvalue weighted by molar-refractivity contribution is 0.383. The van der Waals surface area contributed by atoms with Gasteiger partial charge < -0.3 is 4.90 Å². The second-order valence-corrected chi connectivity index (χ2v) is 9.68. The molecule has 1 fully saturated rings. The number of nitrogens with zero attached hydrogens (tertiary/aromatic N) is 5. The number of aryl methyl sites for hydroxylation is 2. The predicted octanol–water partition coefficient (Wildman–Crippen LogP) is 2.23. The van der Waals surface area contributed by atoms with E-state index >= 15 is 0 Å². The van der Waals surface area contributed by atoms with E-state index in [2.05, 4.69) is 5.10 Å². The third-order valence-electron chi connectivity index (χ3n) is 5.68. The Morgan fingerprint density at radius 1 is 0.938 bits per heavy atom. The van der Waals surface area contributed by atoms with Gasteiger partial charge in [-0.1, -0.05) is 12.1 Å². The largest absolute Gasteiger partial charge is 0.353 e. The van der Waals surface area contributed by atoms with Crippen LogP contribution in [0.25, 0.3) is 5.69 Å². The van der Waals surface area contributed by atoms with Crippen molar-refractivity contribution in [1.29, 1.82) is 5.26 Å². The Bertz CT molecular complexity index is 1370. The Balaban J connectivity index is 1.54. The number of hydrogen-bond acceptors (Lipinski definition) is 6. The lowest BCUT2D eigenvalue weighted by Crippen LogP contribution is -2.49. The quantitative estimate of drug-likeness (QED) is 0.606. The molecular weight excluding hydrogens is 426 g/mol. The lowest BCUT2D eigenvalue weighted by atomic mass is 10.1. The van der Waals surface area contributed by atoms with E-state index in [-0.39, 0.29) is 23.5 Å². The van der Waals surface area contributed by atoms with Gasteiger partial charge in [0.15, 0.2) is 0 Å². The molecule has 1 saturated heterocycles. The van der Waals surface area contributed by atoms with E-state index in [9.17, 15) is 13.2 Å². The summed E-state index contributed by atoms with van der Waals surface area (Å²) in [4.78, 5) is 14.5. The van der Waals surface area contributed by atoms with E-state index in [0.29, 0.717) is 30.2 Å². The van der Waals surface area contributed by atoms with Gasteiger partial charge in [-0.15, -0.1) is 5.10 Å². The van der Waals surface area contributed by atoms with Crippen LogP contribution < -0.4 is 10.5 Å². The van der Waals surface area contributed by atoms with Gasteiger partial charge in [-0.25, -0.2) is 8.42 Å². The first-order valence-corrected chi connectivity index (χ1v) is 11.7. The van der Waals surface area contributed by atoms with E-state index in [1.165, 1.54) is 27.2 Å². The molecule has 1 aromatic heterocycles. The van der Waals surface area contributed by atoms with Crippen molar-refractivity contribution in [3.63, 3.8) is 0 Å². The Morgan fingerprint density at radius 2 is 1.69 bits per heavy atom. The van der Waals surface area contributed by atoms with Crippen molar-refractivity contribution in [2.24, 2.45) is 0 Å². The van der Waals surface area contributed by atoms with Crippen LogP contribution in [0.15, 0.2) is 64.3 Å². The fraction of sp³-hybridized carbons (Fsp3) is 0.261. The second-order valence-electron chi connectivity index (χ2n) is 7.74. The van der Waals surface area contributed by atoms with Gasteiger partial charge in [0, 0.05) is 32.2 Å². The summed E-state index contributed by atoms with van der Waals surface area (Å²) in [7, 11) is -3.69. The molecule has 1 aliphatic heterocycles. The zero-order chi connectivity index (χ0) is 22.9. The third kappa shape index (κ3) is 4.15. The maximum absolute atomic E-state index is 13.0. The first kappa shape index (κ1) is 21.7. The molecular formula is C23H23N5O3S. The van der Waals surface area contributed by atoms with Gasteiger partial charge in [0.25, 0.3) is 5.56 Å². The minimum absolute atomic E-state index is 0.117. The van der Waals surface area contributed by atoms with E-state index in [4.69, 9.17) is 5.26 Å². The minimum atomic E-state index is -3.69. The van der Waals surface area contributed by atoms with Crippen molar-refractivity contribution in [2.45, 2.75) is 18.7 Å². The first-order chi connectivity index (χ1) is 15.3. The van der Waals surface area contributed by atoms with Crippen LogP contribution in [0.2, 0.25) is 0 Å². The summed E-state index contributed by atoms with van der Waals surface area (Å²) in [6.45, 7) is 5.44. The zero-order valence-corrected chi connectivity index (χ0v) is 18.7. The van der Waals surface area contributed by atoms with E-state index < -0.39 is 10.0 Å². The number of sulfonamides is 1. The van der Waals surface area contributed by atoms with Crippen LogP contribution in [0.1, 0.15) is 16.7 Å². The molecule has 164 valence electrons. The van der Waals surface area contributed by atoms with Crippen molar-refractivity contribution in [2.75, 3.05) is 31.1 Å². The molecule has 4 rings (SSSR count). The molecule has 0 amide bonds. The maximum atomic E-state index is 13.0. The van der Waals surface area contributed by atoms with Gasteiger partial charge in [0.1, 0.15) is 5.82 Å². The molecule has 3 aromatic rings. The number of piperazine rings is 1. The van der Waals surface area contributed by atoms with Crippen LogP contribution in [0.4, 0.5) is 5.82 Å². The maximum Gasteiger partial charge on any atom is 0.271 e. The molecule has 0 radical (unpaired) electrons. The molecule has 2 aromatic carbocycles. The molecule has 32 heavy (non-hydrogen) atoms. The third-order valence-corrected chi connectivity index (χ3v) is 7.58. The highest BCUT2D eigenvalue weighted by Gasteiger charge is 2.29. The number of benzene rings is 2. The Hall–Kier alpha value is -3.48. The molecule has 0 N–H and O–H groups in total. The number of rotatable bonds is 4. The van der Waals surface area contributed by atoms with Crippen LogP contribution in [0.3, 0.4) is 0 Å². The summed E-state index contributed by atoms with van der Waals surface area (Å²) in [6.07, 6.45) is 0. The summed E-state index contributed by atoms with van der Waals surface area (Å²) < 4.78 is 28.7. The Kier molecular flexibility index (Phi) is 5.82. The van der Waals surface area contributed by atoms with Gasteiger partial charge in [-0.2, -0.15) is 14.2 Å². The number of nitriles is 1. The summed E-state index contributed by atoms with van der Waals surface area (Å²) in [5.41, 5.74) is 2.98. The van der Waals surface area contributed by atoms with Crippen LogP contribution in [-0.2, 0) is 10.0 Å². The van der Waals surface area contributed by atoms with E-state index in [0.717, 1.165) is 11.1 Å². The summed E-state index contributed by atoms with van der Waals surface area (Å²) in [6, 6.07) is 16.9. The molecule has 8 nitrogen and oxygen atoms in total. The van der Waals surface area contributed by atoms with E-state index in [1.807, 2.05) is 43.0 Å². The van der Waals surface area contributed by atoms with Crippen molar-refractivity contribution < 1.29 is 8.42 Å². The molecule has 2 heterocycles. The molecule has 0 spiro atoms. The van der Waals surface area contributed by atoms with Crippen LogP contribution >= 0.6 is 0 Å². The van der Waals surface area contributed by atoms with Crippen LogP contribution in [0.5, 0.6) is 0 Å². The van der Waals surface area contributed by atoms with Crippen molar-refractivity contribution in [1.82, 2.24) is 14.1 Å². The van der Waals surface area contributed by atoms with Crippen molar-refractivity contribution in [3.05, 3.63) is 81.6 Å². The standard InChI is InChI=1S/C23H23N5O3S/c1-17-6-7-20(14-18(17)2)28-23(29)9-8-22(25-28)26-10-12-27(13-11-26)32(30,31)21-5-3-4-19(15-21)16-24/h3-9,14-15H,10-13H2,1-2H3. The summed E-state index contributed by atoms with van der Waals surface area (Å²) >= 11 is 0. The van der Waals surface area contributed by atoms with Gasteiger partial charge in [-0.05, 0) is 61.4 Å². The topological polar surface area (TPSA) is 99.3 Å². The zero-order valence-electron chi connectivity index (χ0n) is 17.9. The van der Waals surface area contributed by atoms with Crippen molar-refractivity contribution >= 4 is 15.8 Å². The minimum Gasteiger partial charge on any atom is -0.353 e. The number of aromatic nitrogens is 2. The fourth-order valence-corrected chi connectivity index (χ4v) is 5.11. The van der Waals surface area contributed by atoms with Gasteiger partial charge in [0.05, 0.1) is 22.2 Å². The fourth-order valence-electron chi connectivity index (χ4n) is 3.65. The van der Waals surface area contributed by atoms with Gasteiger partial charge >= 0.3 is 0 Å². The molecule has 0 atom stereocenters. The van der Waals surface area contributed by atoms with E-state index in [1.54, 1.807) is 18.2 Å². The average molecular weight is 450 g/mol. The smallest absolute Gasteiger partial charge is 0.271 e. The molecule has 1 aliphatic rings. The summed E-state index contributed by atoms with van der Waals surface area (Å²) in [5.74, 6) is 0.617. The number of hydrogen-bond donors (Lipinski definition) is 0. The van der Waals surface area contributed by atoms with Crippen LogP contribution in [0, 0.1) is 25.2 Å². The van der Waals surface area contributed by atoms with Crippen LogP contribution in [-0.4, -0.2) is 48.7 Å². The van der Waals surface area contributed by atoms with Gasteiger partial charge in [0.2, 0.25) is 10.0 Å². The summed E-state index contributed by atoms with van der Waals surface area (Å²) in [5, 5.41) is 13.6. The normalized spacial score (nSPS) is 14.8. The SMILES string of the molecule is Cc1ccc(-n2nc(N3CCN(S(=O)(=O)c4cccc(C#N)c4)CC3)ccc2=O)cc1C. The average Bonchev–Trinajstić information content (AvgIpc) is 2.81. The van der Waals surface area contributed by atoms with Gasteiger partial charge in [-0.3, -0.25) is 4.79 Å². The molecule has 0 saturated carbocycles. The molecule has 0 unspecified atom stereocenters. The Labute approximate surface area is 187 Å². The first-order valence-electron chi connectivity index (χ1n) is 10.2. The monoisotopic (exact) mass is 449 g/mol. The van der Waals surface area contributed by atoms with Crippen molar-refractivity contribution in [3.8, 4) is 11.8 Å². The molecule has 9 heteroatoms. The highest BCUT2D eigenvalue weighted by atomic mass is 32.2. The molecule has 0 aliphatic carbocycles. The predicted molar refractivity (Wildman–Crippen MR) is 121 cm³/mol. The number of anilines is 1. The Morgan fingerprint density at radius 3 is 2.38 bits per heavy atom. The highest BCUT2D eigenvalue weighted by Crippen LogP contribution is 2.21. The highest BCUT2D eigenvalue weighted by molar-refractivity contribution is 7.89.